The predicted octanol–water partition coefficient (Wildman–Crippen LogP) is 13.0. The Bertz CT molecular complexity index is 3240. The highest BCUT2D eigenvalue weighted by Crippen LogP contribution is 2.41. The summed E-state index contributed by atoms with van der Waals surface area (Å²) in [7, 11) is 0. The van der Waals surface area contributed by atoms with Gasteiger partial charge in [-0.3, -0.25) is 0 Å². The molecule has 0 aliphatic carbocycles. The molecule has 6 heteroatoms. The summed E-state index contributed by atoms with van der Waals surface area (Å²) in [4.78, 5) is 15.3. The zero-order valence-electron chi connectivity index (χ0n) is 30.0. The Morgan fingerprint density at radius 1 is 0.375 bits per heavy atom. The fourth-order valence-electron chi connectivity index (χ4n) is 7.80. The van der Waals surface area contributed by atoms with Crippen LogP contribution in [0.5, 0.6) is 0 Å². The minimum Gasteiger partial charge on any atom is -0.231 e. The first-order valence-corrected chi connectivity index (χ1v) is 19.5. The SMILES string of the molecule is c1ccc(-c2nc(-c3cccc(-c4cc5ccccc5c5c(-c6ccccc6)c(-c6ccccc6)nn45)c3)nc(-c3ccc4c(c3)sc3ccccc34)n2)cc1. The summed E-state index contributed by atoms with van der Waals surface area (Å²) in [6, 6.07) is 65.6. The van der Waals surface area contributed by atoms with Crippen LogP contribution in [0.1, 0.15) is 0 Å². The highest BCUT2D eigenvalue weighted by atomic mass is 32.1. The van der Waals surface area contributed by atoms with Crippen molar-refractivity contribution in [2.45, 2.75) is 0 Å². The minimum atomic E-state index is 0.611. The fourth-order valence-corrected chi connectivity index (χ4v) is 8.95. The first-order chi connectivity index (χ1) is 27.7. The van der Waals surface area contributed by atoms with E-state index in [-0.39, 0.29) is 0 Å². The van der Waals surface area contributed by atoms with E-state index in [9.17, 15) is 0 Å². The zero-order chi connectivity index (χ0) is 37.0. The Labute approximate surface area is 326 Å². The third-order valence-electron chi connectivity index (χ3n) is 10.5. The van der Waals surface area contributed by atoms with Crippen LogP contribution in [-0.2, 0) is 0 Å². The van der Waals surface area contributed by atoms with Gasteiger partial charge in [0.2, 0.25) is 0 Å². The van der Waals surface area contributed by atoms with Crippen LogP contribution in [0.25, 0.3) is 104 Å². The molecule has 262 valence electrons. The number of hydrogen-bond donors (Lipinski definition) is 0. The maximum atomic E-state index is 5.41. The topological polar surface area (TPSA) is 56.0 Å². The molecule has 0 N–H and O–H groups in total. The molecule has 0 saturated carbocycles. The molecule has 0 spiro atoms. The summed E-state index contributed by atoms with van der Waals surface area (Å²) in [5.41, 5.74) is 10.1. The van der Waals surface area contributed by atoms with Crippen LogP contribution >= 0.6 is 11.3 Å². The van der Waals surface area contributed by atoms with Crippen LogP contribution in [0.15, 0.2) is 188 Å². The van der Waals surface area contributed by atoms with Gasteiger partial charge >= 0.3 is 0 Å². The van der Waals surface area contributed by atoms with Crippen molar-refractivity contribution in [3.63, 3.8) is 0 Å². The third-order valence-corrected chi connectivity index (χ3v) is 11.6. The van der Waals surface area contributed by atoms with Crippen LogP contribution in [0, 0.1) is 0 Å². The molecule has 4 aromatic heterocycles. The lowest BCUT2D eigenvalue weighted by molar-refractivity contribution is 0.979. The lowest BCUT2D eigenvalue weighted by atomic mass is 9.97. The number of hydrogen-bond acceptors (Lipinski definition) is 5. The summed E-state index contributed by atoms with van der Waals surface area (Å²) in [5, 5.41) is 10.2. The van der Waals surface area contributed by atoms with Crippen LogP contribution in [-0.4, -0.2) is 24.6 Å². The zero-order valence-corrected chi connectivity index (χ0v) is 30.9. The molecule has 0 fully saturated rings. The molecular weight excluding hydrogens is 703 g/mol. The highest BCUT2D eigenvalue weighted by Gasteiger charge is 2.22. The van der Waals surface area contributed by atoms with E-state index < -0.39 is 0 Å². The number of aromatic nitrogens is 5. The van der Waals surface area contributed by atoms with E-state index in [4.69, 9.17) is 20.1 Å². The standard InChI is InChI=1S/C50H31N5S/c1-4-15-32(16-5-1)45-46(33-17-6-2-7-18-33)54-55-42(30-35-21-10-11-24-39(35)47(45)55)36-22-14-23-37(29-36)49-51-48(34-19-8-3-9-20-34)52-50(53-49)38-27-28-41-40-25-12-13-26-43(40)56-44(41)31-38/h1-31H. The van der Waals surface area contributed by atoms with Gasteiger partial charge < -0.3 is 0 Å². The Morgan fingerprint density at radius 3 is 1.68 bits per heavy atom. The molecule has 0 aliphatic heterocycles. The Hall–Kier alpha value is -7.28. The number of benzene rings is 7. The number of nitrogens with zero attached hydrogens (tertiary/aromatic N) is 5. The molecule has 0 radical (unpaired) electrons. The van der Waals surface area contributed by atoms with Gasteiger partial charge in [0, 0.05) is 58.9 Å². The quantitative estimate of drug-likeness (QED) is 0.171. The van der Waals surface area contributed by atoms with Gasteiger partial charge in [-0.05, 0) is 35.2 Å². The van der Waals surface area contributed by atoms with Crippen molar-refractivity contribution in [2.24, 2.45) is 0 Å². The van der Waals surface area contributed by atoms with E-state index in [1.165, 1.54) is 20.2 Å². The van der Waals surface area contributed by atoms with Gasteiger partial charge in [-0.15, -0.1) is 11.3 Å². The van der Waals surface area contributed by atoms with E-state index in [0.717, 1.165) is 66.6 Å². The Kier molecular flexibility index (Phi) is 7.60. The van der Waals surface area contributed by atoms with Crippen molar-refractivity contribution in [3.05, 3.63) is 188 Å². The lowest BCUT2D eigenvalue weighted by Crippen LogP contribution is -2.00. The summed E-state index contributed by atoms with van der Waals surface area (Å²) < 4.78 is 4.60. The number of thiophene rings is 1. The second-order valence-electron chi connectivity index (χ2n) is 13.9. The molecule has 4 heterocycles. The normalized spacial score (nSPS) is 11.6. The molecular formula is C50H31N5S. The van der Waals surface area contributed by atoms with Gasteiger partial charge in [0.05, 0.1) is 11.2 Å². The molecule has 5 nitrogen and oxygen atoms in total. The molecule has 0 amide bonds. The van der Waals surface area contributed by atoms with Crippen molar-refractivity contribution in [1.82, 2.24) is 24.6 Å². The molecule has 11 rings (SSSR count). The van der Waals surface area contributed by atoms with E-state index in [1.54, 1.807) is 11.3 Å². The van der Waals surface area contributed by atoms with Gasteiger partial charge in [0.25, 0.3) is 0 Å². The lowest BCUT2D eigenvalue weighted by Gasteiger charge is -2.12. The summed E-state index contributed by atoms with van der Waals surface area (Å²) in [6.07, 6.45) is 0. The molecule has 0 saturated heterocycles. The largest absolute Gasteiger partial charge is 0.231 e. The van der Waals surface area contributed by atoms with Crippen LogP contribution in [0.4, 0.5) is 0 Å². The molecule has 56 heavy (non-hydrogen) atoms. The van der Waals surface area contributed by atoms with Crippen molar-refractivity contribution in [2.75, 3.05) is 0 Å². The highest BCUT2D eigenvalue weighted by molar-refractivity contribution is 7.25. The van der Waals surface area contributed by atoms with Gasteiger partial charge in [-0.1, -0.05) is 164 Å². The second kappa shape index (κ2) is 13.2. The maximum absolute atomic E-state index is 5.41. The smallest absolute Gasteiger partial charge is 0.164 e. The van der Waals surface area contributed by atoms with Gasteiger partial charge in [0.15, 0.2) is 17.5 Å². The first-order valence-electron chi connectivity index (χ1n) is 18.6. The number of rotatable bonds is 6. The minimum absolute atomic E-state index is 0.611. The molecule has 0 unspecified atom stereocenters. The summed E-state index contributed by atoms with van der Waals surface area (Å²) in [5.74, 6) is 1.88. The van der Waals surface area contributed by atoms with Gasteiger partial charge in [-0.25, -0.2) is 19.5 Å². The van der Waals surface area contributed by atoms with Crippen molar-refractivity contribution < 1.29 is 0 Å². The van der Waals surface area contributed by atoms with E-state index >= 15 is 0 Å². The molecule has 0 atom stereocenters. The number of fused-ring (bicyclic) bond motifs is 6. The average Bonchev–Trinajstić information content (AvgIpc) is 3.86. The first kappa shape index (κ1) is 32.2. The van der Waals surface area contributed by atoms with E-state index in [1.807, 2.05) is 36.4 Å². The summed E-state index contributed by atoms with van der Waals surface area (Å²) in [6.45, 7) is 0. The van der Waals surface area contributed by atoms with Crippen molar-refractivity contribution in [3.8, 4) is 67.8 Å². The second-order valence-corrected chi connectivity index (χ2v) is 15.0. The molecule has 0 bridgehead atoms. The van der Waals surface area contributed by atoms with Crippen LogP contribution < -0.4 is 0 Å². The molecule has 0 aliphatic rings. The van der Waals surface area contributed by atoms with E-state index in [2.05, 4.69) is 156 Å². The van der Waals surface area contributed by atoms with Gasteiger partial charge in [-0.2, -0.15) is 5.10 Å². The molecule has 11 aromatic rings. The van der Waals surface area contributed by atoms with E-state index in [0.29, 0.717) is 17.5 Å². The monoisotopic (exact) mass is 733 g/mol. The maximum Gasteiger partial charge on any atom is 0.164 e. The Morgan fingerprint density at radius 2 is 0.929 bits per heavy atom. The third kappa shape index (κ3) is 5.46. The predicted molar refractivity (Wildman–Crippen MR) is 232 cm³/mol. The van der Waals surface area contributed by atoms with Crippen molar-refractivity contribution >= 4 is 47.8 Å². The average molecular weight is 734 g/mol. The summed E-state index contributed by atoms with van der Waals surface area (Å²) >= 11 is 1.79. The van der Waals surface area contributed by atoms with Crippen LogP contribution in [0.3, 0.4) is 0 Å². The van der Waals surface area contributed by atoms with Gasteiger partial charge in [0.1, 0.15) is 5.69 Å². The molecule has 7 aromatic carbocycles. The Balaban J connectivity index is 1.12. The van der Waals surface area contributed by atoms with Crippen LogP contribution in [0.2, 0.25) is 0 Å². The number of pyridine rings is 1. The van der Waals surface area contributed by atoms with Crippen molar-refractivity contribution in [1.29, 1.82) is 0 Å². The fraction of sp³-hybridized carbons (Fsp3) is 0.